The molecule has 20 heavy (non-hydrogen) atoms. The van der Waals surface area contributed by atoms with Gasteiger partial charge in [0.15, 0.2) is 11.6 Å². The molecule has 0 aliphatic rings. The van der Waals surface area contributed by atoms with E-state index in [2.05, 4.69) is 5.32 Å². The van der Waals surface area contributed by atoms with Gasteiger partial charge in [0, 0.05) is 18.8 Å². The lowest BCUT2D eigenvalue weighted by Crippen LogP contribution is -2.44. The number of hydrogen-bond donors (Lipinski definition) is 2. The van der Waals surface area contributed by atoms with Crippen molar-refractivity contribution in [2.75, 3.05) is 19.5 Å². The smallest absolute Gasteiger partial charge is 0.326 e. The van der Waals surface area contributed by atoms with Crippen molar-refractivity contribution in [2.45, 2.75) is 19.4 Å². The molecule has 1 aromatic carbocycles. The molecule has 1 unspecified atom stereocenters. The van der Waals surface area contributed by atoms with Crippen molar-refractivity contribution in [3.63, 3.8) is 0 Å². The summed E-state index contributed by atoms with van der Waals surface area (Å²) in [5.41, 5.74) is 0.320. The van der Waals surface area contributed by atoms with Crippen LogP contribution in [0.5, 0.6) is 5.75 Å². The lowest BCUT2D eigenvalue weighted by Gasteiger charge is -2.24. The number of halogens is 1. The van der Waals surface area contributed by atoms with Crippen LogP contribution < -0.4 is 10.1 Å². The second-order valence-corrected chi connectivity index (χ2v) is 4.15. The Bertz CT molecular complexity index is 507. The standard InChI is InChI=1S/C13H17FN2O4/c1-4-10(12(17)18)16(2)13(19)15-8-5-6-9(14)11(7-8)20-3/h5-7,10H,4H2,1-3H3,(H,15,19)(H,17,18). The summed E-state index contributed by atoms with van der Waals surface area (Å²) in [5, 5.41) is 11.5. The molecule has 0 radical (unpaired) electrons. The van der Waals surface area contributed by atoms with E-state index in [0.717, 1.165) is 11.0 Å². The Morgan fingerprint density at radius 1 is 1.50 bits per heavy atom. The first kappa shape index (κ1) is 15.7. The minimum absolute atomic E-state index is 0.00395. The van der Waals surface area contributed by atoms with Crippen molar-refractivity contribution >= 4 is 17.7 Å². The summed E-state index contributed by atoms with van der Waals surface area (Å²) in [6.45, 7) is 1.67. The molecule has 0 fully saturated rings. The highest BCUT2D eigenvalue weighted by Crippen LogP contribution is 2.21. The zero-order valence-corrected chi connectivity index (χ0v) is 11.5. The number of amides is 2. The zero-order valence-electron chi connectivity index (χ0n) is 11.5. The number of likely N-dealkylation sites (N-methyl/N-ethyl adjacent to an activating group) is 1. The third kappa shape index (κ3) is 3.59. The number of methoxy groups -OCH3 is 1. The molecule has 0 saturated carbocycles. The quantitative estimate of drug-likeness (QED) is 0.868. The molecule has 0 aliphatic heterocycles. The maximum Gasteiger partial charge on any atom is 0.326 e. The minimum atomic E-state index is -1.08. The molecule has 6 nitrogen and oxygen atoms in total. The number of benzene rings is 1. The fourth-order valence-corrected chi connectivity index (χ4v) is 1.70. The second-order valence-electron chi connectivity index (χ2n) is 4.15. The van der Waals surface area contributed by atoms with Gasteiger partial charge in [0.25, 0.3) is 0 Å². The van der Waals surface area contributed by atoms with E-state index in [1.165, 1.54) is 26.3 Å². The van der Waals surface area contributed by atoms with Crippen LogP contribution in [-0.4, -0.2) is 42.2 Å². The first-order chi connectivity index (χ1) is 9.40. The van der Waals surface area contributed by atoms with Crippen LogP contribution >= 0.6 is 0 Å². The molecule has 2 N–H and O–H groups in total. The van der Waals surface area contributed by atoms with Gasteiger partial charge in [-0.25, -0.2) is 14.0 Å². The van der Waals surface area contributed by atoms with E-state index in [1.807, 2.05) is 0 Å². The lowest BCUT2D eigenvalue weighted by molar-refractivity contribution is -0.141. The van der Waals surface area contributed by atoms with Crippen LogP contribution in [-0.2, 0) is 4.79 Å². The number of rotatable bonds is 5. The fourth-order valence-electron chi connectivity index (χ4n) is 1.70. The van der Waals surface area contributed by atoms with Gasteiger partial charge in [-0.1, -0.05) is 6.92 Å². The number of carbonyl (C=O) groups excluding carboxylic acids is 1. The largest absolute Gasteiger partial charge is 0.494 e. The Morgan fingerprint density at radius 3 is 2.65 bits per heavy atom. The summed E-state index contributed by atoms with van der Waals surface area (Å²) >= 11 is 0. The molecular weight excluding hydrogens is 267 g/mol. The third-order valence-corrected chi connectivity index (χ3v) is 2.86. The Morgan fingerprint density at radius 2 is 2.15 bits per heavy atom. The molecule has 0 aliphatic carbocycles. The lowest BCUT2D eigenvalue weighted by atomic mass is 10.2. The van der Waals surface area contributed by atoms with E-state index in [4.69, 9.17) is 9.84 Å². The number of anilines is 1. The highest BCUT2D eigenvalue weighted by Gasteiger charge is 2.24. The maximum absolute atomic E-state index is 13.2. The van der Waals surface area contributed by atoms with Crippen molar-refractivity contribution in [2.24, 2.45) is 0 Å². The molecule has 1 aromatic rings. The molecule has 0 aromatic heterocycles. The van der Waals surface area contributed by atoms with Crippen molar-refractivity contribution in [1.29, 1.82) is 0 Å². The van der Waals surface area contributed by atoms with Gasteiger partial charge in [-0.2, -0.15) is 0 Å². The third-order valence-electron chi connectivity index (χ3n) is 2.86. The van der Waals surface area contributed by atoms with Crippen LogP contribution in [0.15, 0.2) is 18.2 Å². The molecule has 7 heteroatoms. The molecule has 2 amide bonds. The number of hydrogen-bond acceptors (Lipinski definition) is 3. The summed E-state index contributed by atoms with van der Waals surface area (Å²) in [5.74, 6) is -1.63. The van der Waals surface area contributed by atoms with E-state index < -0.39 is 23.9 Å². The van der Waals surface area contributed by atoms with Crippen molar-refractivity contribution in [3.05, 3.63) is 24.0 Å². The highest BCUT2D eigenvalue weighted by atomic mass is 19.1. The van der Waals surface area contributed by atoms with Gasteiger partial charge in [0.2, 0.25) is 0 Å². The van der Waals surface area contributed by atoms with E-state index in [9.17, 15) is 14.0 Å². The van der Waals surface area contributed by atoms with Gasteiger partial charge < -0.3 is 20.1 Å². The van der Waals surface area contributed by atoms with Crippen LogP contribution in [0, 0.1) is 5.82 Å². The number of aliphatic carboxylic acids is 1. The Kier molecular flexibility index (Phi) is 5.31. The van der Waals surface area contributed by atoms with Gasteiger partial charge in [-0.15, -0.1) is 0 Å². The Hall–Kier alpha value is -2.31. The topological polar surface area (TPSA) is 78.9 Å². The Balaban J connectivity index is 2.82. The fraction of sp³-hybridized carbons (Fsp3) is 0.385. The number of nitrogens with zero attached hydrogens (tertiary/aromatic N) is 1. The predicted molar refractivity (Wildman–Crippen MR) is 71.4 cm³/mol. The monoisotopic (exact) mass is 284 g/mol. The number of ether oxygens (including phenoxy) is 1. The number of nitrogens with one attached hydrogen (secondary N) is 1. The van der Waals surface area contributed by atoms with Gasteiger partial charge in [-0.05, 0) is 18.6 Å². The highest BCUT2D eigenvalue weighted by molar-refractivity contribution is 5.92. The van der Waals surface area contributed by atoms with E-state index in [1.54, 1.807) is 6.92 Å². The average Bonchev–Trinajstić information content (AvgIpc) is 2.41. The SMILES string of the molecule is CCC(C(=O)O)N(C)C(=O)Nc1ccc(F)c(OC)c1. The summed E-state index contributed by atoms with van der Waals surface area (Å²) in [4.78, 5) is 24.0. The van der Waals surface area contributed by atoms with Crippen molar-refractivity contribution in [1.82, 2.24) is 4.90 Å². The first-order valence-electron chi connectivity index (χ1n) is 6.00. The van der Waals surface area contributed by atoms with Crippen molar-refractivity contribution < 1.29 is 23.8 Å². The minimum Gasteiger partial charge on any atom is -0.494 e. The number of carboxylic acids is 1. The summed E-state index contributed by atoms with van der Waals surface area (Å²) in [6.07, 6.45) is 0.284. The number of urea groups is 1. The molecule has 0 saturated heterocycles. The summed E-state index contributed by atoms with van der Waals surface area (Å²) in [6, 6.07) is 2.34. The first-order valence-corrected chi connectivity index (χ1v) is 6.00. The van der Waals surface area contributed by atoms with Crippen LogP contribution in [0.2, 0.25) is 0 Å². The summed E-state index contributed by atoms with van der Waals surface area (Å²) < 4.78 is 18.0. The van der Waals surface area contributed by atoms with Gasteiger partial charge in [-0.3, -0.25) is 0 Å². The molecule has 0 bridgehead atoms. The normalized spacial score (nSPS) is 11.6. The van der Waals surface area contributed by atoms with Crippen molar-refractivity contribution in [3.8, 4) is 5.75 Å². The van der Waals surface area contributed by atoms with Crippen LogP contribution in [0.25, 0.3) is 0 Å². The molecule has 0 spiro atoms. The Labute approximate surface area is 116 Å². The van der Waals surface area contributed by atoms with Gasteiger partial charge in [0.05, 0.1) is 7.11 Å². The molecule has 1 rings (SSSR count). The maximum atomic E-state index is 13.2. The molecule has 1 atom stereocenters. The van der Waals surface area contributed by atoms with Crippen LogP contribution in [0.3, 0.4) is 0 Å². The van der Waals surface area contributed by atoms with Gasteiger partial charge in [0.1, 0.15) is 6.04 Å². The molecule has 0 heterocycles. The van der Waals surface area contributed by atoms with E-state index in [0.29, 0.717) is 5.69 Å². The van der Waals surface area contributed by atoms with E-state index >= 15 is 0 Å². The molecule has 110 valence electrons. The average molecular weight is 284 g/mol. The number of carbonyl (C=O) groups is 2. The predicted octanol–water partition coefficient (Wildman–Crippen LogP) is 2.16. The number of carboxylic acid groups (broad SMARTS) is 1. The van der Waals surface area contributed by atoms with Crippen LogP contribution in [0.1, 0.15) is 13.3 Å². The van der Waals surface area contributed by atoms with Gasteiger partial charge >= 0.3 is 12.0 Å². The van der Waals surface area contributed by atoms with E-state index in [-0.39, 0.29) is 12.2 Å². The van der Waals surface area contributed by atoms with Crippen LogP contribution in [0.4, 0.5) is 14.9 Å². The zero-order chi connectivity index (χ0) is 15.3. The second kappa shape index (κ2) is 6.74. The summed E-state index contributed by atoms with van der Waals surface area (Å²) in [7, 11) is 2.70. The molecular formula is C13H17FN2O4.